The van der Waals surface area contributed by atoms with Gasteiger partial charge in [-0.05, 0) is 42.5 Å². The summed E-state index contributed by atoms with van der Waals surface area (Å²) in [6.07, 6.45) is 1.25. The molecular formula is C20H21N3O3. The van der Waals surface area contributed by atoms with Crippen molar-refractivity contribution in [1.29, 1.82) is 0 Å². The molecular weight excluding hydrogens is 330 g/mol. The lowest BCUT2D eigenvalue weighted by atomic mass is 10.1. The van der Waals surface area contributed by atoms with Crippen LogP contribution in [-0.2, 0) is 4.79 Å². The average molecular weight is 351 g/mol. The molecule has 1 aliphatic heterocycles. The lowest BCUT2D eigenvalue weighted by Gasteiger charge is -2.28. The Morgan fingerprint density at radius 1 is 1.23 bits per heavy atom. The van der Waals surface area contributed by atoms with Crippen LogP contribution in [0.4, 0.5) is 17.1 Å². The van der Waals surface area contributed by atoms with Crippen molar-refractivity contribution < 1.29 is 14.3 Å². The second-order valence-corrected chi connectivity index (χ2v) is 6.05. The number of hydrogen-bond donors (Lipinski definition) is 1. The number of fused-ring (bicyclic) bond motifs is 1. The molecule has 1 aliphatic rings. The Morgan fingerprint density at radius 2 is 1.96 bits per heavy atom. The van der Waals surface area contributed by atoms with Crippen LogP contribution in [0.1, 0.15) is 10.4 Å². The highest BCUT2D eigenvalue weighted by Gasteiger charge is 2.16. The van der Waals surface area contributed by atoms with E-state index in [9.17, 15) is 9.59 Å². The van der Waals surface area contributed by atoms with Crippen LogP contribution >= 0.6 is 0 Å². The number of nitrogens with zero attached hydrogens (tertiary/aromatic N) is 2. The standard InChI is InChI=1S/C20H21N3O3/c1-4-19(24)23(3)16-8-5-14(6-9-16)20(25)21-15-7-10-17-18(13-15)26-12-11-22(17)2/h4-10,13H,1,11-12H2,2-3H3,(H,21,25). The largest absolute Gasteiger partial charge is 0.489 e. The monoisotopic (exact) mass is 351 g/mol. The van der Waals surface area contributed by atoms with Crippen molar-refractivity contribution in [1.82, 2.24) is 0 Å². The molecule has 6 nitrogen and oxygen atoms in total. The normalized spacial score (nSPS) is 12.6. The molecule has 0 aromatic heterocycles. The van der Waals surface area contributed by atoms with Gasteiger partial charge in [-0.3, -0.25) is 9.59 Å². The van der Waals surface area contributed by atoms with E-state index in [1.54, 1.807) is 31.3 Å². The van der Waals surface area contributed by atoms with Gasteiger partial charge < -0.3 is 19.9 Å². The molecule has 26 heavy (non-hydrogen) atoms. The highest BCUT2D eigenvalue weighted by atomic mass is 16.5. The predicted molar refractivity (Wildman–Crippen MR) is 103 cm³/mol. The van der Waals surface area contributed by atoms with Crippen LogP contribution in [0.5, 0.6) is 5.75 Å². The van der Waals surface area contributed by atoms with E-state index in [-0.39, 0.29) is 11.8 Å². The quantitative estimate of drug-likeness (QED) is 0.861. The number of amides is 2. The second kappa shape index (κ2) is 7.31. The van der Waals surface area contributed by atoms with Crippen molar-refractivity contribution in [3.8, 4) is 5.75 Å². The van der Waals surface area contributed by atoms with Crippen molar-refractivity contribution in [2.45, 2.75) is 0 Å². The number of ether oxygens (including phenoxy) is 1. The van der Waals surface area contributed by atoms with Gasteiger partial charge in [-0.25, -0.2) is 0 Å². The Balaban J connectivity index is 1.72. The molecule has 0 aliphatic carbocycles. The molecule has 2 aromatic rings. The van der Waals surface area contributed by atoms with E-state index in [1.807, 2.05) is 25.2 Å². The molecule has 1 heterocycles. The van der Waals surface area contributed by atoms with Gasteiger partial charge in [0, 0.05) is 37.1 Å². The summed E-state index contributed by atoms with van der Waals surface area (Å²) in [7, 11) is 3.67. The van der Waals surface area contributed by atoms with Crippen LogP contribution in [0.2, 0.25) is 0 Å². The van der Waals surface area contributed by atoms with Gasteiger partial charge in [-0.1, -0.05) is 6.58 Å². The first-order chi connectivity index (χ1) is 12.5. The van der Waals surface area contributed by atoms with Gasteiger partial charge in [0.1, 0.15) is 12.4 Å². The fourth-order valence-electron chi connectivity index (χ4n) is 2.74. The zero-order valence-corrected chi connectivity index (χ0v) is 14.9. The molecule has 6 heteroatoms. The number of rotatable bonds is 4. The molecule has 0 unspecified atom stereocenters. The molecule has 134 valence electrons. The van der Waals surface area contributed by atoms with E-state index >= 15 is 0 Å². The molecule has 0 spiro atoms. The van der Waals surface area contributed by atoms with Gasteiger partial charge in [0.15, 0.2) is 0 Å². The fraction of sp³-hybridized carbons (Fsp3) is 0.200. The Hall–Kier alpha value is -3.28. The number of carbonyl (C=O) groups is 2. The minimum atomic E-state index is -0.224. The van der Waals surface area contributed by atoms with Crippen LogP contribution in [0.3, 0.4) is 0 Å². The fourth-order valence-corrected chi connectivity index (χ4v) is 2.74. The smallest absolute Gasteiger partial charge is 0.255 e. The topological polar surface area (TPSA) is 61.9 Å². The number of nitrogens with one attached hydrogen (secondary N) is 1. The second-order valence-electron chi connectivity index (χ2n) is 6.05. The van der Waals surface area contributed by atoms with E-state index in [2.05, 4.69) is 16.8 Å². The zero-order valence-electron chi connectivity index (χ0n) is 14.9. The number of benzene rings is 2. The van der Waals surface area contributed by atoms with Crippen molar-refractivity contribution in [2.75, 3.05) is 42.4 Å². The highest BCUT2D eigenvalue weighted by Crippen LogP contribution is 2.33. The molecule has 0 fully saturated rings. The average Bonchev–Trinajstić information content (AvgIpc) is 2.67. The number of anilines is 3. The molecule has 2 amide bonds. The lowest BCUT2D eigenvalue weighted by Crippen LogP contribution is -2.28. The third kappa shape index (κ3) is 3.54. The molecule has 0 saturated carbocycles. The number of likely N-dealkylation sites (N-methyl/N-ethyl adjacent to an activating group) is 2. The highest BCUT2D eigenvalue weighted by molar-refractivity contribution is 6.05. The third-order valence-electron chi connectivity index (χ3n) is 4.34. The molecule has 0 saturated heterocycles. The van der Waals surface area contributed by atoms with E-state index in [1.165, 1.54) is 11.0 Å². The minimum absolute atomic E-state index is 0.207. The van der Waals surface area contributed by atoms with Crippen LogP contribution in [-0.4, -0.2) is 39.1 Å². The zero-order chi connectivity index (χ0) is 18.7. The van der Waals surface area contributed by atoms with Crippen LogP contribution in [0.15, 0.2) is 55.1 Å². The molecule has 3 rings (SSSR count). The van der Waals surface area contributed by atoms with E-state index in [4.69, 9.17) is 4.74 Å². The van der Waals surface area contributed by atoms with Gasteiger partial charge in [0.2, 0.25) is 5.91 Å². The number of hydrogen-bond acceptors (Lipinski definition) is 4. The maximum absolute atomic E-state index is 12.5. The Labute approximate surface area is 152 Å². The first-order valence-corrected chi connectivity index (χ1v) is 8.29. The predicted octanol–water partition coefficient (Wildman–Crippen LogP) is 2.92. The Morgan fingerprint density at radius 3 is 2.65 bits per heavy atom. The first-order valence-electron chi connectivity index (χ1n) is 8.29. The summed E-state index contributed by atoms with van der Waals surface area (Å²) in [5.74, 6) is 0.330. The minimum Gasteiger partial charge on any atom is -0.489 e. The molecule has 0 radical (unpaired) electrons. The summed E-state index contributed by atoms with van der Waals surface area (Å²) < 4.78 is 5.66. The molecule has 0 atom stereocenters. The van der Waals surface area contributed by atoms with Gasteiger partial charge in [0.25, 0.3) is 5.91 Å². The summed E-state index contributed by atoms with van der Waals surface area (Å²) in [5.41, 5.74) is 2.88. The maximum atomic E-state index is 12.5. The van der Waals surface area contributed by atoms with Gasteiger partial charge >= 0.3 is 0 Å². The van der Waals surface area contributed by atoms with Crippen molar-refractivity contribution in [3.05, 3.63) is 60.7 Å². The molecule has 0 bridgehead atoms. The SMILES string of the molecule is C=CC(=O)N(C)c1ccc(C(=O)Nc2ccc3c(c2)OCCN3C)cc1. The third-order valence-corrected chi connectivity index (χ3v) is 4.34. The van der Waals surface area contributed by atoms with Crippen molar-refractivity contribution in [3.63, 3.8) is 0 Å². The van der Waals surface area contributed by atoms with Gasteiger partial charge in [0.05, 0.1) is 12.2 Å². The lowest BCUT2D eigenvalue weighted by molar-refractivity contribution is -0.113. The summed E-state index contributed by atoms with van der Waals surface area (Å²) in [5, 5.41) is 2.87. The Kier molecular flexibility index (Phi) is 4.93. The van der Waals surface area contributed by atoms with Crippen LogP contribution in [0, 0.1) is 0 Å². The van der Waals surface area contributed by atoms with E-state index < -0.39 is 0 Å². The first kappa shape index (κ1) is 17.5. The molecule has 1 N–H and O–H groups in total. The summed E-state index contributed by atoms with van der Waals surface area (Å²) in [6.45, 7) is 4.93. The number of carbonyl (C=O) groups excluding carboxylic acids is 2. The summed E-state index contributed by atoms with van der Waals surface area (Å²) in [4.78, 5) is 27.7. The van der Waals surface area contributed by atoms with Gasteiger partial charge in [-0.2, -0.15) is 0 Å². The van der Waals surface area contributed by atoms with Crippen molar-refractivity contribution >= 4 is 28.9 Å². The summed E-state index contributed by atoms with van der Waals surface area (Å²) >= 11 is 0. The Bertz CT molecular complexity index is 846. The maximum Gasteiger partial charge on any atom is 0.255 e. The van der Waals surface area contributed by atoms with E-state index in [0.29, 0.717) is 23.5 Å². The molecule has 2 aromatic carbocycles. The van der Waals surface area contributed by atoms with Crippen LogP contribution in [0.25, 0.3) is 0 Å². The van der Waals surface area contributed by atoms with Gasteiger partial charge in [-0.15, -0.1) is 0 Å². The summed E-state index contributed by atoms with van der Waals surface area (Å²) in [6, 6.07) is 12.4. The van der Waals surface area contributed by atoms with Crippen LogP contribution < -0.4 is 19.9 Å². The van der Waals surface area contributed by atoms with Crippen molar-refractivity contribution in [2.24, 2.45) is 0 Å². The van der Waals surface area contributed by atoms with E-state index in [0.717, 1.165) is 18.0 Å².